The van der Waals surface area contributed by atoms with Gasteiger partial charge in [-0.25, -0.2) is 22.8 Å². The lowest BCUT2D eigenvalue weighted by molar-refractivity contribution is -0.137. The molecule has 1 unspecified atom stereocenters. The van der Waals surface area contributed by atoms with E-state index in [9.17, 15) is 21.6 Å². The van der Waals surface area contributed by atoms with E-state index in [0.29, 0.717) is 68.2 Å². The molecule has 1 atom stereocenters. The van der Waals surface area contributed by atoms with Gasteiger partial charge in [0.1, 0.15) is 12.1 Å². The highest BCUT2D eigenvalue weighted by molar-refractivity contribution is 7.99. The molecule has 1 aliphatic heterocycles. The largest absolute Gasteiger partial charge is 0.418 e. The molecule has 0 aliphatic carbocycles. The molecular weight excluding hydrogens is 834 g/mol. The Hall–Kier alpha value is -4.93. The van der Waals surface area contributed by atoms with E-state index in [4.69, 9.17) is 11.6 Å². The van der Waals surface area contributed by atoms with Crippen LogP contribution in [0.4, 0.5) is 34.8 Å². The molecule has 2 heterocycles. The van der Waals surface area contributed by atoms with Crippen LogP contribution in [-0.2, 0) is 22.7 Å². The number of fused-ring (bicyclic) bond motifs is 1. The number of halogens is 5. The molecule has 60 heavy (non-hydrogen) atoms. The quantitative estimate of drug-likeness (QED) is 0.0773. The van der Waals surface area contributed by atoms with E-state index in [2.05, 4.69) is 37.0 Å². The molecule has 1 aliphatic rings. The van der Waals surface area contributed by atoms with E-state index in [1.165, 1.54) is 17.8 Å². The Morgan fingerprint density at radius 1 is 0.883 bits per heavy atom. The molecule has 6 aromatic rings. The number of hydrogen-bond donors (Lipinski definition) is 2. The van der Waals surface area contributed by atoms with Crippen molar-refractivity contribution < 1.29 is 26.0 Å². The Balaban J connectivity index is 1.06. The summed E-state index contributed by atoms with van der Waals surface area (Å²) in [5.41, 5.74) is 2.62. The number of thioether (sulfide) groups is 1. The molecule has 0 saturated carbocycles. The first-order valence-corrected chi connectivity index (χ1v) is 22.2. The summed E-state index contributed by atoms with van der Waals surface area (Å²) >= 11 is 7.91. The molecule has 0 spiro atoms. The van der Waals surface area contributed by atoms with Crippen LogP contribution >= 0.6 is 23.4 Å². The average Bonchev–Trinajstić information content (AvgIpc) is 3.22. The zero-order valence-electron chi connectivity index (χ0n) is 33.0. The molecule has 1 aromatic heterocycles. The van der Waals surface area contributed by atoms with E-state index >= 15 is 4.39 Å². The molecule has 0 bridgehead atoms. The van der Waals surface area contributed by atoms with Crippen molar-refractivity contribution in [3.05, 3.63) is 137 Å². The van der Waals surface area contributed by atoms with Crippen molar-refractivity contribution in [1.82, 2.24) is 19.8 Å². The Morgan fingerprint density at radius 2 is 1.60 bits per heavy atom. The average molecular weight is 878 g/mol. The Bertz CT molecular complexity index is 2530. The van der Waals surface area contributed by atoms with Crippen molar-refractivity contribution in [3.8, 4) is 11.1 Å². The van der Waals surface area contributed by atoms with Gasteiger partial charge in [0.15, 0.2) is 5.82 Å². The third kappa shape index (κ3) is 10.7. The summed E-state index contributed by atoms with van der Waals surface area (Å²) in [6.07, 6.45) is -3.26. The molecule has 2 N–H and O–H groups in total. The van der Waals surface area contributed by atoms with Gasteiger partial charge in [0.2, 0.25) is 0 Å². The lowest BCUT2D eigenvalue weighted by Gasteiger charge is -2.36. The summed E-state index contributed by atoms with van der Waals surface area (Å²) < 4.78 is 89.3. The first-order valence-electron chi connectivity index (χ1n) is 19.3. The first-order chi connectivity index (χ1) is 28.7. The third-order valence-corrected chi connectivity index (χ3v) is 13.0. The lowest BCUT2D eigenvalue weighted by Crippen LogP contribution is -2.46. The van der Waals surface area contributed by atoms with Crippen LogP contribution in [-0.4, -0.2) is 86.8 Å². The summed E-state index contributed by atoms with van der Waals surface area (Å²) in [6.45, 7) is 3.85. The molecule has 16 heteroatoms. The highest BCUT2D eigenvalue weighted by Gasteiger charge is 2.36. The number of aromatic nitrogens is 2. The SMILES string of the molecule is CN(C)CCC(CSc1ccccc1)Nc1ccc(S(=O)(=O)Nc2ncnc3cc(N4CCN(Cc5cc(Cl)ccc5-c5ccccc5)CC4)cc(F)c23)cc1C(F)(F)F. The first kappa shape index (κ1) is 43.2. The Kier molecular flexibility index (Phi) is 13.5. The van der Waals surface area contributed by atoms with Crippen LogP contribution < -0.4 is 14.9 Å². The van der Waals surface area contributed by atoms with Crippen molar-refractivity contribution in [2.75, 3.05) is 67.5 Å². The number of nitrogens with zero attached hydrogens (tertiary/aromatic N) is 5. The van der Waals surface area contributed by atoms with Crippen LogP contribution in [0.1, 0.15) is 17.5 Å². The number of alkyl halides is 3. The normalized spacial score (nSPS) is 14.4. The van der Waals surface area contributed by atoms with E-state index in [-0.39, 0.29) is 28.5 Å². The maximum absolute atomic E-state index is 16.0. The maximum Gasteiger partial charge on any atom is 0.418 e. The van der Waals surface area contributed by atoms with Gasteiger partial charge >= 0.3 is 6.18 Å². The van der Waals surface area contributed by atoms with Gasteiger partial charge in [0, 0.05) is 65.8 Å². The van der Waals surface area contributed by atoms with Crippen LogP contribution in [0.3, 0.4) is 0 Å². The summed E-state index contributed by atoms with van der Waals surface area (Å²) in [5.74, 6) is -0.689. The molecule has 314 valence electrons. The Labute approximate surface area is 356 Å². The smallest absolute Gasteiger partial charge is 0.381 e. The second-order valence-electron chi connectivity index (χ2n) is 14.8. The van der Waals surface area contributed by atoms with Gasteiger partial charge in [0.25, 0.3) is 10.0 Å². The third-order valence-electron chi connectivity index (χ3n) is 10.3. The molecule has 0 radical (unpaired) electrons. The fraction of sp³-hybridized carbons (Fsp3) is 0.273. The summed E-state index contributed by atoms with van der Waals surface area (Å²) in [6, 6.07) is 30.9. The number of nitrogens with one attached hydrogen (secondary N) is 2. The van der Waals surface area contributed by atoms with E-state index in [1.54, 1.807) is 6.07 Å². The van der Waals surface area contributed by atoms with Crippen LogP contribution in [0.5, 0.6) is 0 Å². The van der Waals surface area contributed by atoms with Gasteiger partial charge < -0.3 is 15.1 Å². The highest BCUT2D eigenvalue weighted by atomic mass is 35.5. The zero-order valence-corrected chi connectivity index (χ0v) is 35.4. The molecule has 9 nitrogen and oxygen atoms in total. The highest BCUT2D eigenvalue weighted by Crippen LogP contribution is 2.38. The zero-order chi connectivity index (χ0) is 42.4. The molecule has 7 rings (SSSR count). The van der Waals surface area contributed by atoms with Crippen molar-refractivity contribution in [1.29, 1.82) is 0 Å². The number of hydrogen-bond acceptors (Lipinski definition) is 9. The van der Waals surface area contributed by atoms with Gasteiger partial charge in [0.05, 0.1) is 21.4 Å². The summed E-state index contributed by atoms with van der Waals surface area (Å²) in [7, 11) is -0.906. The number of piperazine rings is 1. The maximum atomic E-state index is 16.0. The summed E-state index contributed by atoms with van der Waals surface area (Å²) in [4.78, 5) is 14.8. The topological polar surface area (TPSA) is 93.7 Å². The molecule has 5 aromatic carbocycles. The number of rotatable bonds is 15. The predicted octanol–water partition coefficient (Wildman–Crippen LogP) is 9.76. The standard InChI is InChI=1S/C44H44ClF4N7O2S2/c1-54(2)18-17-33(28-59-35-11-7-4-8-12-35)52-40-16-14-36(26-38(40)44(47,48)49)60(57,58)53-43-42-39(46)24-34(25-41(42)50-29-51-43)56-21-19-55(20-22-56)27-31-23-32(45)13-15-37(31)30-9-5-3-6-10-30/h3-16,23-26,29,33,52H,17-22,27-28H2,1-2H3,(H,50,51,53). The van der Waals surface area contributed by atoms with Gasteiger partial charge in [-0.05, 0) is 98.3 Å². The van der Waals surface area contributed by atoms with Gasteiger partial charge in [-0.15, -0.1) is 11.8 Å². The van der Waals surface area contributed by atoms with Crippen LogP contribution in [0.25, 0.3) is 22.0 Å². The second kappa shape index (κ2) is 18.8. The Morgan fingerprint density at radius 3 is 2.30 bits per heavy atom. The van der Waals surface area contributed by atoms with Crippen molar-refractivity contribution in [2.45, 2.75) is 35.0 Å². The molecule has 0 amide bonds. The minimum Gasteiger partial charge on any atom is -0.381 e. The van der Waals surface area contributed by atoms with Crippen molar-refractivity contribution >= 4 is 61.5 Å². The van der Waals surface area contributed by atoms with E-state index in [1.807, 2.05) is 90.6 Å². The fourth-order valence-electron chi connectivity index (χ4n) is 7.17. The van der Waals surface area contributed by atoms with E-state index < -0.39 is 32.5 Å². The monoisotopic (exact) mass is 877 g/mol. The lowest BCUT2D eigenvalue weighted by atomic mass is 9.99. The number of sulfonamides is 1. The van der Waals surface area contributed by atoms with Crippen molar-refractivity contribution in [2.24, 2.45) is 0 Å². The van der Waals surface area contributed by atoms with Crippen LogP contribution in [0, 0.1) is 5.82 Å². The molecule has 1 fully saturated rings. The summed E-state index contributed by atoms with van der Waals surface area (Å²) in [5, 5.41) is 3.49. The minimum atomic E-state index is -4.89. The number of benzene rings is 5. The van der Waals surface area contributed by atoms with Crippen molar-refractivity contribution in [3.63, 3.8) is 0 Å². The van der Waals surface area contributed by atoms with Gasteiger partial charge in [-0.3, -0.25) is 9.62 Å². The molecular formula is C44H44ClF4N7O2S2. The predicted molar refractivity (Wildman–Crippen MR) is 234 cm³/mol. The van der Waals surface area contributed by atoms with Gasteiger partial charge in [-0.2, -0.15) is 13.2 Å². The van der Waals surface area contributed by atoms with Gasteiger partial charge in [-0.1, -0.05) is 66.2 Å². The second-order valence-corrected chi connectivity index (χ2v) is 18.1. The number of anilines is 3. The fourth-order valence-corrected chi connectivity index (χ4v) is 9.40. The molecule has 1 saturated heterocycles. The van der Waals surface area contributed by atoms with Crippen LogP contribution in [0.2, 0.25) is 5.02 Å². The van der Waals surface area contributed by atoms with Crippen LogP contribution in [0.15, 0.2) is 125 Å². The minimum absolute atomic E-state index is 0.138. The van der Waals surface area contributed by atoms with E-state index in [0.717, 1.165) is 40.0 Å².